The number of allylic oxidation sites excluding steroid dienone is 2. The molecule has 0 amide bonds. The van der Waals surface area contributed by atoms with Gasteiger partial charge in [0, 0.05) is 12.5 Å². The summed E-state index contributed by atoms with van der Waals surface area (Å²) in [6.45, 7) is 4.97. The van der Waals surface area contributed by atoms with Gasteiger partial charge in [-0.1, -0.05) is 60.8 Å². The van der Waals surface area contributed by atoms with E-state index in [0.717, 1.165) is 24.3 Å². The van der Waals surface area contributed by atoms with Gasteiger partial charge >= 0.3 is 12.4 Å². The maximum absolute atomic E-state index is 14.6. The first-order chi connectivity index (χ1) is 17.2. The molecule has 0 fully saturated rings. The van der Waals surface area contributed by atoms with Crippen molar-refractivity contribution in [2.75, 3.05) is 0 Å². The molecule has 0 aromatic heterocycles. The average molecular weight is 544 g/mol. The summed E-state index contributed by atoms with van der Waals surface area (Å²) in [6, 6.07) is 15.3. The minimum Gasteiger partial charge on any atom is -0.366 e. The van der Waals surface area contributed by atoms with Crippen LogP contribution in [0.4, 0.5) is 35.1 Å². The van der Waals surface area contributed by atoms with E-state index >= 15 is 0 Å². The van der Waals surface area contributed by atoms with Crippen molar-refractivity contribution in [1.29, 1.82) is 0 Å². The number of nitrogens with one attached hydrogen (secondary N) is 1. The van der Waals surface area contributed by atoms with Crippen LogP contribution in [0.2, 0.25) is 0 Å². The second-order valence-corrected chi connectivity index (χ2v) is 9.59. The van der Waals surface area contributed by atoms with Gasteiger partial charge < -0.3 is 5.32 Å². The van der Waals surface area contributed by atoms with Crippen molar-refractivity contribution in [3.05, 3.63) is 129 Å². The normalized spacial score (nSPS) is 14.2. The molecule has 196 valence electrons. The monoisotopic (exact) mass is 543 g/mol. The summed E-state index contributed by atoms with van der Waals surface area (Å²) in [5, 5.41) is 2.91. The van der Waals surface area contributed by atoms with Gasteiger partial charge in [0.1, 0.15) is 11.6 Å². The third-order valence-electron chi connectivity index (χ3n) is 5.37. The Morgan fingerprint density at radius 2 is 1.41 bits per heavy atom. The van der Waals surface area contributed by atoms with Crippen molar-refractivity contribution in [3.8, 4) is 0 Å². The number of rotatable bonds is 8. The summed E-state index contributed by atoms with van der Waals surface area (Å²) in [4.78, 5) is -0.187. The van der Waals surface area contributed by atoms with Crippen LogP contribution in [-0.2, 0) is 18.1 Å². The Hall–Kier alpha value is -3.27. The predicted molar refractivity (Wildman–Crippen MR) is 128 cm³/mol. The minimum atomic E-state index is -4.88. The third-order valence-corrected chi connectivity index (χ3v) is 6.16. The van der Waals surface area contributed by atoms with E-state index < -0.39 is 35.1 Å². The lowest BCUT2D eigenvalue weighted by Crippen LogP contribution is -2.44. The van der Waals surface area contributed by atoms with Crippen LogP contribution in [0.15, 0.2) is 95.4 Å². The lowest BCUT2D eigenvalue weighted by Gasteiger charge is -2.38. The third kappa shape index (κ3) is 7.61. The highest BCUT2D eigenvalue weighted by atomic mass is 32.2. The molecular weight excluding hydrogens is 522 g/mol. The Morgan fingerprint density at radius 3 is 1.97 bits per heavy atom. The molecule has 0 heterocycles. The zero-order valence-electron chi connectivity index (χ0n) is 19.4. The van der Waals surface area contributed by atoms with Crippen molar-refractivity contribution < 1.29 is 35.1 Å². The van der Waals surface area contributed by atoms with Gasteiger partial charge in [-0.15, -0.1) is 0 Å². The molecule has 1 atom stereocenters. The summed E-state index contributed by atoms with van der Waals surface area (Å²) in [5.74, 6) is -1.79. The average Bonchev–Trinajstić information content (AvgIpc) is 2.77. The van der Waals surface area contributed by atoms with Crippen LogP contribution in [-0.4, -0.2) is 6.18 Å². The summed E-state index contributed by atoms with van der Waals surface area (Å²) >= 11 is 0.616. The Balaban J connectivity index is 2.24. The van der Waals surface area contributed by atoms with Crippen LogP contribution >= 0.6 is 11.8 Å². The molecule has 0 unspecified atom stereocenters. The Bertz CT molecular complexity index is 1260. The van der Waals surface area contributed by atoms with E-state index in [1.807, 2.05) is 0 Å². The van der Waals surface area contributed by atoms with Crippen LogP contribution in [0.3, 0.4) is 0 Å². The summed E-state index contributed by atoms with van der Waals surface area (Å²) in [6.07, 6.45) is -9.48. The van der Waals surface area contributed by atoms with Gasteiger partial charge in [0.15, 0.2) is 0 Å². The molecule has 0 bridgehead atoms. The molecule has 0 saturated heterocycles. The number of hydrogen-bond donors (Lipinski definition) is 1. The fourth-order valence-corrected chi connectivity index (χ4v) is 4.72. The second-order valence-electron chi connectivity index (χ2n) is 8.25. The summed E-state index contributed by atoms with van der Waals surface area (Å²) in [5.41, 5.74) is -2.24. The highest BCUT2D eigenvalue weighted by Gasteiger charge is 2.39. The van der Waals surface area contributed by atoms with Crippen LogP contribution in [0.25, 0.3) is 0 Å². The largest absolute Gasteiger partial charge is 0.416 e. The van der Waals surface area contributed by atoms with E-state index in [9.17, 15) is 35.1 Å². The van der Waals surface area contributed by atoms with Crippen molar-refractivity contribution in [2.45, 2.75) is 31.2 Å². The fourth-order valence-electron chi connectivity index (χ4n) is 3.91. The van der Waals surface area contributed by atoms with E-state index in [1.54, 1.807) is 30.3 Å². The first-order valence-electron chi connectivity index (χ1n) is 10.8. The van der Waals surface area contributed by atoms with E-state index in [2.05, 4.69) is 11.9 Å². The molecule has 3 aromatic carbocycles. The first kappa shape index (κ1) is 28.3. The number of thioether (sulfide) groups is 1. The van der Waals surface area contributed by atoms with Gasteiger partial charge in [-0.2, -0.15) is 26.3 Å². The van der Waals surface area contributed by atoms with E-state index in [4.69, 9.17) is 0 Å². The number of halogens is 8. The molecule has 0 saturated carbocycles. The maximum Gasteiger partial charge on any atom is 0.416 e. The molecule has 3 rings (SSSR count). The maximum atomic E-state index is 14.6. The van der Waals surface area contributed by atoms with Crippen LogP contribution in [0, 0.1) is 11.6 Å². The van der Waals surface area contributed by atoms with Crippen LogP contribution in [0.1, 0.15) is 29.2 Å². The highest BCUT2D eigenvalue weighted by molar-refractivity contribution is 8.06. The summed E-state index contributed by atoms with van der Waals surface area (Å²) in [7, 11) is 0. The van der Waals surface area contributed by atoms with Crippen molar-refractivity contribution in [1.82, 2.24) is 5.32 Å². The minimum absolute atomic E-state index is 0.0453. The quantitative estimate of drug-likeness (QED) is 0.285. The van der Waals surface area contributed by atoms with Crippen molar-refractivity contribution in [3.63, 3.8) is 0 Å². The molecule has 0 aliphatic carbocycles. The molecular formula is C27H21F8NS. The van der Waals surface area contributed by atoms with Crippen LogP contribution in [0.5, 0.6) is 0 Å². The molecule has 0 aliphatic rings. The second kappa shape index (κ2) is 11.0. The van der Waals surface area contributed by atoms with Gasteiger partial charge in [0.25, 0.3) is 0 Å². The van der Waals surface area contributed by atoms with Crippen LogP contribution < -0.4 is 5.32 Å². The Kier molecular flexibility index (Phi) is 8.42. The van der Waals surface area contributed by atoms with Gasteiger partial charge in [0.05, 0.1) is 16.1 Å². The standard InChI is InChI=1S/C27H21F8NS/c1-17(15-26(30,31)32)37-18(2)36-25(16-19-6-4-3-5-7-19,20-8-10-23(28)11-9-20)21-12-22(27(33,34)35)14-24(29)13-21/h3-15,36H,2,16H2,1H3/b17-15+/t25-/m0/s1. The fraction of sp³-hybridized carbons (Fsp3) is 0.185. The van der Waals surface area contributed by atoms with E-state index in [1.165, 1.54) is 19.1 Å². The van der Waals surface area contributed by atoms with Gasteiger partial charge in [-0.3, -0.25) is 0 Å². The van der Waals surface area contributed by atoms with E-state index in [-0.39, 0.29) is 33.6 Å². The molecule has 0 spiro atoms. The molecule has 1 N–H and O–H groups in total. The number of hydrogen-bond acceptors (Lipinski definition) is 2. The van der Waals surface area contributed by atoms with E-state index in [0.29, 0.717) is 23.4 Å². The molecule has 3 aromatic rings. The molecule has 0 aliphatic heterocycles. The topological polar surface area (TPSA) is 12.0 Å². The predicted octanol–water partition coefficient (Wildman–Crippen LogP) is 8.73. The molecule has 1 nitrogen and oxygen atoms in total. The molecule has 37 heavy (non-hydrogen) atoms. The van der Waals surface area contributed by atoms with Gasteiger partial charge in [0.2, 0.25) is 0 Å². The van der Waals surface area contributed by atoms with Gasteiger partial charge in [-0.05, 0) is 58.9 Å². The highest BCUT2D eigenvalue weighted by Crippen LogP contribution is 2.40. The Morgan fingerprint density at radius 1 is 0.811 bits per heavy atom. The van der Waals surface area contributed by atoms with Crippen molar-refractivity contribution in [2.24, 2.45) is 0 Å². The molecule has 0 radical (unpaired) electrons. The first-order valence-corrected chi connectivity index (χ1v) is 11.6. The SMILES string of the molecule is C=C(N[C@@](Cc1ccccc1)(c1ccc(F)cc1)c1cc(F)cc(C(F)(F)F)c1)S/C(C)=C/C(F)(F)F. The zero-order chi connectivity index (χ0) is 27.4. The number of alkyl halides is 6. The van der Waals surface area contributed by atoms with Crippen molar-refractivity contribution >= 4 is 11.8 Å². The Labute approximate surface area is 212 Å². The van der Waals surface area contributed by atoms with Gasteiger partial charge in [-0.25, -0.2) is 8.78 Å². The molecule has 10 heteroatoms. The lowest BCUT2D eigenvalue weighted by atomic mass is 9.77. The zero-order valence-corrected chi connectivity index (χ0v) is 20.2. The number of benzene rings is 3. The smallest absolute Gasteiger partial charge is 0.366 e. The summed E-state index contributed by atoms with van der Waals surface area (Å²) < 4.78 is 108. The lowest BCUT2D eigenvalue weighted by molar-refractivity contribution is -0.137.